The van der Waals surface area contributed by atoms with Crippen LogP contribution in [0.3, 0.4) is 0 Å². The zero-order chi connectivity index (χ0) is 15.1. The van der Waals surface area contributed by atoms with E-state index >= 15 is 0 Å². The Morgan fingerprint density at radius 1 is 1.05 bits per heavy atom. The highest BCUT2D eigenvalue weighted by molar-refractivity contribution is 5.92. The van der Waals surface area contributed by atoms with Crippen LogP contribution in [-0.2, 0) is 4.79 Å². The summed E-state index contributed by atoms with van der Waals surface area (Å²) in [6.45, 7) is 3.89. The number of hydrogen-bond acceptors (Lipinski definition) is 3. The Hall–Kier alpha value is -2.49. The molecule has 2 rings (SSSR count). The molecule has 1 N–H and O–H groups in total. The molecule has 0 unspecified atom stereocenters. The lowest BCUT2D eigenvalue weighted by Crippen LogP contribution is -2.20. The van der Waals surface area contributed by atoms with Gasteiger partial charge in [-0.25, -0.2) is 0 Å². The molecule has 2 aromatic rings. The molecule has 0 saturated heterocycles. The predicted molar refractivity (Wildman–Crippen MR) is 82.8 cm³/mol. The first-order valence-corrected chi connectivity index (χ1v) is 6.88. The van der Waals surface area contributed by atoms with Gasteiger partial charge in [-0.2, -0.15) is 0 Å². The maximum Gasteiger partial charge on any atom is 0.262 e. The lowest BCUT2D eigenvalue weighted by Gasteiger charge is -2.11. The first-order valence-electron chi connectivity index (χ1n) is 6.88. The molecule has 110 valence electrons. The fraction of sp³-hybridized carbons (Fsp3) is 0.235. The highest BCUT2D eigenvalue weighted by Crippen LogP contribution is 2.18. The van der Waals surface area contributed by atoms with E-state index in [1.807, 2.05) is 62.4 Å². The van der Waals surface area contributed by atoms with Crippen molar-refractivity contribution in [1.29, 1.82) is 0 Å². The Bertz CT molecular complexity index is 582. The maximum atomic E-state index is 11.8. The Morgan fingerprint density at radius 3 is 2.48 bits per heavy atom. The van der Waals surface area contributed by atoms with Crippen LogP contribution in [0.4, 0.5) is 5.69 Å². The van der Waals surface area contributed by atoms with E-state index in [2.05, 4.69) is 5.32 Å². The molecule has 0 fully saturated rings. The van der Waals surface area contributed by atoms with Crippen molar-refractivity contribution >= 4 is 11.6 Å². The first kappa shape index (κ1) is 14.9. The van der Waals surface area contributed by atoms with E-state index in [4.69, 9.17) is 9.47 Å². The molecule has 0 aliphatic heterocycles. The smallest absolute Gasteiger partial charge is 0.262 e. The molecule has 4 nitrogen and oxygen atoms in total. The van der Waals surface area contributed by atoms with E-state index in [1.165, 1.54) is 0 Å². The Balaban J connectivity index is 1.87. The summed E-state index contributed by atoms with van der Waals surface area (Å²) >= 11 is 0. The van der Waals surface area contributed by atoms with E-state index in [1.54, 1.807) is 6.07 Å². The van der Waals surface area contributed by atoms with Crippen LogP contribution in [0.2, 0.25) is 0 Å². The lowest BCUT2D eigenvalue weighted by molar-refractivity contribution is -0.118. The summed E-state index contributed by atoms with van der Waals surface area (Å²) in [4.78, 5) is 11.8. The van der Waals surface area contributed by atoms with E-state index in [0.29, 0.717) is 11.4 Å². The fourth-order valence-electron chi connectivity index (χ4n) is 1.78. The Kier molecular flexibility index (Phi) is 5.21. The molecule has 0 bridgehead atoms. The van der Waals surface area contributed by atoms with Gasteiger partial charge in [-0.05, 0) is 38.1 Å². The molecule has 0 atom stereocenters. The molecule has 1 amide bonds. The van der Waals surface area contributed by atoms with E-state index in [0.717, 1.165) is 5.75 Å². The monoisotopic (exact) mass is 285 g/mol. The number of ether oxygens (including phenoxy) is 2. The van der Waals surface area contributed by atoms with Crippen molar-refractivity contribution in [3.05, 3.63) is 54.6 Å². The van der Waals surface area contributed by atoms with Gasteiger partial charge in [0.15, 0.2) is 6.61 Å². The quantitative estimate of drug-likeness (QED) is 0.883. The van der Waals surface area contributed by atoms with Crippen LogP contribution in [0, 0.1) is 0 Å². The van der Waals surface area contributed by atoms with Gasteiger partial charge in [0.05, 0.1) is 6.10 Å². The van der Waals surface area contributed by atoms with Crippen molar-refractivity contribution in [2.45, 2.75) is 20.0 Å². The van der Waals surface area contributed by atoms with Gasteiger partial charge in [0.25, 0.3) is 5.91 Å². The van der Waals surface area contributed by atoms with Crippen molar-refractivity contribution in [3.8, 4) is 11.5 Å². The zero-order valence-electron chi connectivity index (χ0n) is 12.2. The summed E-state index contributed by atoms with van der Waals surface area (Å²) in [6.07, 6.45) is 0.0948. The van der Waals surface area contributed by atoms with Crippen LogP contribution in [0.1, 0.15) is 13.8 Å². The number of hydrogen-bond donors (Lipinski definition) is 1. The highest BCUT2D eigenvalue weighted by Gasteiger charge is 2.05. The minimum atomic E-state index is -0.208. The first-order chi connectivity index (χ1) is 10.1. The van der Waals surface area contributed by atoms with Gasteiger partial charge in [0.2, 0.25) is 0 Å². The molecule has 0 aromatic heterocycles. The molecule has 0 radical (unpaired) electrons. The van der Waals surface area contributed by atoms with Crippen molar-refractivity contribution in [1.82, 2.24) is 0 Å². The number of carbonyl (C=O) groups excluding carboxylic acids is 1. The average Bonchev–Trinajstić information content (AvgIpc) is 2.46. The largest absolute Gasteiger partial charge is 0.491 e. The number of anilines is 1. The standard InChI is InChI=1S/C17H19NO3/c1-13(2)21-16-10-6-7-14(11-16)18-17(19)12-20-15-8-4-3-5-9-15/h3-11,13H,12H2,1-2H3,(H,18,19). The number of amides is 1. The SMILES string of the molecule is CC(C)Oc1cccc(NC(=O)COc2ccccc2)c1. The Morgan fingerprint density at radius 2 is 1.76 bits per heavy atom. The third kappa shape index (κ3) is 5.18. The lowest BCUT2D eigenvalue weighted by atomic mass is 10.3. The van der Waals surface area contributed by atoms with Crippen LogP contribution >= 0.6 is 0 Å². The fourth-order valence-corrected chi connectivity index (χ4v) is 1.78. The molecular weight excluding hydrogens is 266 g/mol. The van der Waals surface area contributed by atoms with Crippen LogP contribution in [0.5, 0.6) is 11.5 Å². The second kappa shape index (κ2) is 7.33. The highest BCUT2D eigenvalue weighted by atomic mass is 16.5. The summed E-state index contributed by atoms with van der Waals surface area (Å²) in [5, 5.41) is 2.78. The number of para-hydroxylation sites is 1. The molecule has 4 heteroatoms. The normalized spacial score (nSPS) is 10.2. The van der Waals surface area contributed by atoms with Crippen molar-refractivity contribution < 1.29 is 14.3 Å². The molecule has 0 spiro atoms. The van der Waals surface area contributed by atoms with Crippen LogP contribution < -0.4 is 14.8 Å². The van der Waals surface area contributed by atoms with Gasteiger partial charge in [-0.15, -0.1) is 0 Å². The average molecular weight is 285 g/mol. The van der Waals surface area contributed by atoms with Crippen LogP contribution in [0.15, 0.2) is 54.6 Å². The number of benzene rings is 2. The summed E-state index contributed by atoms with van der Waals surface area (Å²) in [6, 6.07) is 16.5. The predicted octanol–water partition coefficient (Wildman–Crippen LogP) is 3.49. The molecule has 21 heavy (non-hydrogen) atoms. The van der Waals surface area contributed by atoms with Crippen molar-refractivity contribution in [2.24, 2.45) is 0 Å². The number of rotatable bonds is 6. The third-order valence-electron chi connectivity index (χ3n) is 2.60. The third-order valence-corrected chi connectivity index (χ3v) is 2.60. The van der Waals surface area contributed by atoms with Gasteiger partial charge >= 0.3 is 0 Å². The van der Waals surface area contributed by atoms with E-state index in [-0.39, 0.29) is 18.6 Å². The van der Waals surface area contributed by atoms with Crippen LogP contribution in [0.25, 0.3) is 0 Å². The van der Waals surface area contributed by atoms with E-state index < -0.39 is 0 Å². The van der Waals surface area contributed by atoms with Gasteiger partial charge < -0.3 is 14.8 Å². The van der Waals surface area contributed by atoms with Gasteiger partial charge in [0, 0.05) is 11.8 Å². The molecule has 0 aliphatic carbocycles. The Labute approximate surface area is 124 Å². The second-order valence-electron chi connectivity index (χ2n) is 4.84. The molecule has 0 aliphatic rings. The topological polar surface area (TPSA) is 47.6 Å². The zero-order valence-corrected chi connectivity index (χ0v) is 12.2. The molecule has 0 saturated carbocycles. The molecule has 2 aromatic carbocycles. The van der Waals surface area contributed by atoms with E-state index in [9.17, 15) is 4.79 Å². The number of nitrogens with one attached hydrogen (secondary N) is 1. The summed E-state index contributed by atoms with van der Waals surface area (Å²) in [5.41, 5.74) is 0.690. The van der Waals surface area contributed by atoms with Crippen molar-refractivity contribution in [2.75, 3.05) is 11.9 Å². The second-order valence-corrected chi connectivity index (χ2v) is 4.84. The molecular formula is C17H19NO3. The summed E-state index contributed by atoms with van der Waals surface area (Å²) in [7, 11) is 0. The molecule has 0 heterocycles. The van der Waals surface area contributed by atoms with Gasteiger partial charge in [-0.3, -0.25) is 4.79 Å². The summed E-state index contributed by atoms with van der Waals surface area (Å²) in [5.74, 6) is 1.19. The van der Waals surface area contributed by atoms with Gasteiger partial charge in [0.1, 0.15) is 11.5 Å². The number of carbonyl (C=O) groups is 1. The maximum absolute atomic E-state index is 11.8. The van der Waals surface area contributed by atoms with Crippen molar-refractivity contribution in [3.63, 3.8) is 0 Å². The van der Waals surface area contributed by atoms with Gasteiger partial charge in [-0.1, -0.05) is 24.3 Å². The minimum Gasteiger partial charge on any atom is -0.491 e. The minimum absolute atomic E-state index is 0.0285. The van der Waals surface area contributed by atoms with Crippen LogP contribution in [-0.4, -0.2) is 18.6 Å². The summed E-state index contributed by atoms with van der Waals surface area (Å²) < 4.78 is 11.0.